The number of carbonyl (C=O) groups is 1. The molecule has 0 saturated heterocycles. The Hall–Kier alpha value is -3.07. The van der Waals surface area contributed by atoms with Crippen molar-refractivity contribution in [3.8, 4) is 6.07 Å². The molecule has 1 aromatic carbocycles. The van der Waals surface area contributed by atoms with Crippen LogP contribution in [0.5, 0.6) is 0 Å². The molecular formula is C16H17N5O. The van der Waals surface area contributed by atoms with Crippen molar-refractivity contribution in [2.75, 3.05) is 10.6 Å². The second kappa shape index (κ2) is 7.09. The van der Waals surface area contributed by atoms with Gasteiger partial charge < -0.3 is 10.6 Å². The van der Waals surface area contributed by atoms with Crippen molar-refractivity contribution < 1.29 is 4.79 Å². The Labute approximate surface area is 129 Å². The molecule has 2 aromatic rings. The van der Waals surface area contributed by atoms with Crippen LogP contribution < -0.4 is 16.0 Å². The van der Waals surface area contributed by atoms with E-state index in [1.807, 2.05) is 19.9 Å². The van der Waals surface area contributed by atoms with E-state index in [1.54, 1.807) is 36.5 Å². The molecule has 0 spiro atoms. The number of rotatable bonds is 4. The smallest absolute Gasteiger partial charge is 0.320 e. The summed E-state index contributed by atoms with van der Waals surface area (Å²) in [4.78, 5) is 15.7. The Morgan fingerprint density at radius 1 is 1.23 bits per heavy atom. The third kappa shape index (κ3) is 4.49. The minimum absolute atomic E-state index is 0.0633. The summed E-state index contributed by atoms with van der Waals surface area (Å²) in [6.45, 7) is 3.77. The molecular weight excluding hydrogens is 278 g/mol. The van der Waals surface area contributed by atoms with E-state index in [2.05, 4.69) is 27.0 Å². The summed E-state index contributed by atoms with van der Waals surface area (Å²) in [7, 11) is 0. The standard InChI is InChI=1S/C16H17N5O/c1-11(2)19-16(22)21-15-7-6-14(10-18-15)20-13-5-3-4-12(8-13)9-17/h3-8,10-11,20H,1-2H3,(H2,18,19,21,22). The number of anilines is 3. The van der Waals surface area contributed by atoms with Gasteiger partial charge in [0.15, 0.2) is 0 Å². The lowest BCUT2D eigenvalue weighted by molar-refractivity contribution is 0.250. The predicted molar refractivity (Wildman–Crippen MR) is 86.0 cm³/mol. The first kappa shape index (κ1) is 15.3. The molecule has 0 aliphatic heterocycles. The minimum atomic E-state index is -0.287. The van der Waals surface area contributed by atoms with Crippen LogP contribution in [0.3, 0.4) is 0 Å². The highest BCUT2D eigenvalue weighted by molar-refractivity contribution is 5.88. The fraction of sp³-hybridized carbons (Fsp3) is 0.188. The number of nitriles is 1. The Morgan fingerprint density at radius 2 is 2.05 bits per heavy atom. The topological polar surface area (TPSA) is 89.8 Å². The lowest BCUT2D eigenvalue weighted by Crippen LogP contribution is -2.34. The van der Waals surface area contributed by atoms with Crippen LogP contribution in [0.25, 0.3) is 0 Å². The molecule has 0 saturated carbocycles. The van der Waals surface area contributed by atoms with Gasteiger partial charge in [-0.05, 0) is 44.2 Å². The summed E-state index contributed by atoms with van der Waals surface area (Å²) in [5.74, 6) is 0.467. The lowest BCUT2D eigenvalue weighted by Gasteiger charge is -2.10. The quantitative estimate of drug-likeness (QED) is 0.807. The van der Waals surface area contributed by atoms with Gasteiger partial charge in [0.25, 0.3) is 0 Å². The number of hydrogen-bond donors (Lipinski definition) is 3. The van der Waals surface area contributed by atoms with Gasteiger partial charge >= 0.3 is 6.03 Å². The van der Waals surface area contributed by atoms with Crippen LogP contribution in [0, 0.1) is 11.3 Å². The van der Waals surface area contributed by atoms with Crippen molar-refractivity contribution in [1.29, 1.82) is 5.26 Å². The van der Waals surface area contributed by atoms with Crippen LogP contribution in [0.1, 0.15) is 19.4 Å². The number of carbonyl (C=O) groups excluding carboxylic acids is 1. The summed E-state index contributed by atoms with van der Waals surface area (Å²) in [5, 5.41) is 17.4. The first-order valence-electron chi connectivity index (χ1n) is 6.87. The Bertz CT molecular complexity index is 688. The average molecular weight is 295 g/mol. The number of pyridine rings is 1. The summed E-state index contributed by atoms with van der Waals surface area (Å²) in [6.07, 6.45) is 1.62. The molecule has 1 aromatic heterocycles. The van der Waals surface area contributed by atoms with E-state index in [-0.39, 0.29) is 12.1 Å². The van der Waals surface area contributed by atoms with Gasteiger partial charge in [-0.3, -0.25) is 5.32 Å². The van der Waals surface area contributed by atoms with Crippen molar-refractivity contribution in [2.24, 2.45) is 0 Å². The van der Waals surface area contributed by atoms with Gasteiger partial charge in [0.1, 0.15) is 5.82 Å². The minimum Gasteiger partial charge on any atom is -0.354 e. The third-order valence-electron chi connectivity index (χ3n) is 2.71. The molecule has 6 heteroatoms. The van der Waals surface area contributed by atoms with Crippen LogP contribution in [0.2, 0.25) is 0 Å². The summed E-state index contributed by atoms with van der Waals surface area (Å²) >= 11 is 0. The fourth-order valence-electron chi connectivity index (χ4n) is 1.79. The van der Waals surface area contributed by atoms with Crippen molar-refractivity contribution in [1.82, 2.24) is 10.3 Å². The van der Waals surface area contributed by atoms with Gasteiger partial charge in [0.2, 0.25) is 0 Å². The second-order valence-electron chi connectivity index (χ2n) is 5.00. The van der Waals surface area contributed by atoms with E-state index < -0.39 is 0 Å². The molecule has 0 unspecified atom stereocenters. The lowest BCUT2D eigenvalue weighted by atomic mass is 10.2. The zero-order valence-corrected chi connectivity index (χ0v) is 12.4. The Kier molecular flexibility index (Phi) is 4.94. The van der Waals surface area contributed by atoms with E-state index in [4.69, 9.17) is 5.26 Å². The van der Waals surface area contributed by atoms with Crippen molar-refractivity contribution >= 4 is 23.2 Å². The number of urea groups is 1. The maximum Gasteiger partial charge on any atom is 0.320 e. The highest BCUT2D eigenvalue weighted by atomic mass is 16.2. The maximum absolute atomic E-state index is 11.6. The zero-order chi connectivity index (χ0) is 15.9. The number of aromatic nitrogens is 1. The van der Waals surface area contributed by atoms with Crippen LogP contribution in [0.15, 0.2) is 42.6 Å². The highest BCUT2D eigenvalue weighted by Gasteiger charge is 2.04. The molecule has 0 fully saturated rings. The number of nitrogens with one attached hydrogen (secondary N) is 3. The first-order chi connectivity index (χ1) is 10.6. The van der Waals surface area contributed by atoms with Crippen molar-refractivity contribution in [3.63, 3.8) is 0 Å². The Morgan fingerprint density at radius 3 is 2.68 bits per heavy atom. The molecule has 112 valence electrons. The van der Waals surface area contributed by atoms with Gasteiger partial charge in [-0.15, -0.1) is 0 Å². The molecule has 3 N–H and O–H groups in total. The normalized spacial score (nSPS) is 9.91. The van der Waals surface area contributed by atoms with E-state index in [9.17, 15) is 4.79 Å². The van der Waals surface area contributed by atoms with Crippen LogP contribution in [-0.2, 0) is 0 Å². The molecule has 0 atom stereocenters. The molecule has 1 heterocycles. The predicted octanol–water partition coefficient (Wildman–Crippen LogP) is 3.23. The van der Waals surface area contributed by atoms with Crippen LogP contribution >= 0.6 is 0 Å². The molecule has 6 nitrogen and oxygen atoms in total. The molecule has 22 heavy (non-hydrogen) atoms. The average Bonchev–Trinajstić information content (AvgIpc) is 2.48. The summed E-state index contributed by atoms with van der Waals surface area (Å²) in [5.41, 5.74) is 2.16. The molecule has 2 amide bonds. The molecule has 0 aliphatic carbocycles. The number of hydrogen-bond acceptors (Lipinski definition) is 4. The maximum atomic E-state index is 11.6. The highest BCUT2D eigenvalue weighted by Crippen LogP contribution is 2.17. The van der Waals surface area contributed by atoms with Gasteiger partial charge in [-0.2, -0.15) is 5.26 Å². The van der Waals surface area contributed by atoms with E-state index in [0.717, 1.165) is 11.4 Å². The monoisotopic (exact) mass is 295 g/mol. The largest absolute Gasteiger partial charge is 0.354 e. The van der Waals surface area contributed by atoms with Crippen LogP contribution in [0.4, 0.5) is 22.0 Å². The van der Waals surface area contributed by atoms with Gasteiger partial charge in [-0.1, -0.05) is 6.07 Å². The SMILES string of the molecule is CC(C)NC(=O)Nc1ccc(Nc2cccc(C#N)c2)cn1. The number of nitrogens with zero attached hydrogens (tertiary/aromatic N) is 2. The molecule has 0 bridgehead atoms. The molecule has 0 radical (unpaired) electrons. The van der Waals surface area contributed by atoms with Gasteiger partial charge in [0, 0.05) is 11.7 Å². The zero-order valence-electron chi connectivity index (χ0n) is 12.4. The van der Waals surface area contributed by atoms with Gasteiger partial charge in [-0.25, -0.2) is 9.78 Å². The second-order valence-corrected chi connectivity index (χ2v) is 5.00. The van der Waals surface area contributed by atoms with E-state index in [1.165, 1.54) is 0 Å². The van der Waals surface area contributed by atoms with E-state index in [0.29, 0.717) is 11.4 Å². The number of benzene rings is 1. The third-order valence-corrected chi connectivity index (χ3v) is 2.71. The van der Waals surface area contributed by atoms with Crippen LogP contribution in [-0.4, -0.2) is 17.1 Å². The van der Waals surface area contributed by atoms with Gasteiger partial charge in [0.05, 0.1) is 23.5 Å². The first-order valence-corrected chi connectivity index (χ1v) is 6.87. The fourth-order valence-corrected chi connectivity index (χ4v) is 1.79. The summed E-state index contributed by atoms with van der Waals surface area (Å²) in [6, 6.07) is 12.5. The molecule has 0 aliphatic rings. The summed E-state index contributed by atoms with van der Waals surface area (Å²) < 4.78 is 0. The van der Waals surface area contributed by atoms with Crippen molar-refractivity contribution in [3.05, 3.63) is 48.2 Å². The number of amides is 2. The van der Waals surface area contributed by atoms with E-state index >= 15 is 0 Å². The Balaban J connectivity index is 2.00. The van der Waals surface area contributed by atoms with Crippen molar-refractivity contribution in [2.45, 2.75) is 19.9 Å². The molecule has 2 rings (SSSR count).